The van der Waals surface area contributed by atoms with Crippen molar-refractivity contribution in [2.75, 3.05) is 12.4 Å². The van der Waals surface area contributed by atoms with Gasteiger partial charge in [-0.3, -0.25) is 10.1 Å². The van der Waals surface area contributed by atoms with Gasteiger partial charge in [-0.1, -0.05) is 18.2 Å². The third-order valence-electron chi connectivity index (χ3n) is 3.27. The minimum Gasteiger partial charge on any atom is -0.465 e. The maximum absolute atomic E-state index is 12.0. The molecule has 1 N–H and O–H groups in total. The molecule has 3 rings (SSSR count). The van der Waals surface area contributed by atoms with Crippen molar-refractivity contribution in [1.82, 2.24) is 4.98 Å². The van der Waals surface area contributed by atoms with E-state index >= 15 is 0 Å². The maximum atomic E-state index is 12.0. The second-order valence-electron chi connectivity index (χ2n) is 4.95. The van der Waals surface area contributed by atoms with E-state index < -0.39 is 5.97 Å². The van der Waals surface area contributed by atoms with Crippen LogP contribution in [0.1, 0.15) is 15.9 Å². The second kappa shape index (κ2) is 7.87. The minimum atomic E-state index is -0.390. The minimum absolute atomic E-state index is 0.260. The second-order valence-corrected chi connectivity index (χ2v) is 6.76. The van der Waals surface area contributed by atoms with Crippen LogP contribution in [0.15, 0.2) is 53.2 Å². The number of carbonyl (C=O) groups is 2. The van der Waals surface area contributed by atoms with Gasteiger partial charge in [-0.2, -0.15) is 0 Å². The van der Waals surface area contributed by atoms with Crippen LogP contribution in [-0.2, 0) is 9.53 Å². The number of rotatable bonds is 5. The SMILES string of the molecule is COC(=O)c1ccc(/C=C/C(=O)Nc2nc(-c3cccs3)cs2)cc1. The molecule has 0 saturated heterocycles. The van der Waals surface area contributed by atoms with Gasteiger partial charge in [-0.15, -0.1) is 22.7 Å². The van der Waals surface area contributed by atoms with Gasteiger partial charge in [0.1, 0.15) is 0 Å². The number of benzene rings is 1. The van der Waals surface area contributed by atoms with Crippen molar-refractivity contribution in [3.63, 3.8) is 0 Å². The zero-order chi connectivity index (χ0) is 17.6. The van der Waals surface area contributed by atoms with Crippen LogP contribution in [0.5, 0.6) is 0 Å². The normalized spacial score (nSPS) is 10.8. The van der Waals surface area contributed by atoms with Crippen molar-refractivity contribution in [2.45, 2.75) is 0 Å². The Morgan fingerprint density at radius 2 is 1.96 bits per heavy atom. The third kappa shape index (κ3) is 4.40. The van der Waals surface area contributed by atoms with Crippen LogP contribution < -0.4 is 5.32 Å². The van der Waals surface area contributed by atoms with Crippen molar-refractivity contribution in [1.29, 1.82) is 0 Å². The van der Waals surface area contributed by atoms with E-state index in [1.165, 1.54) is 24.5 Å². The first-order valence-corrected chi connectivity index (χ1v) is 9.08. The predicted octanol–water partition coefficient (Wildman–Crippen LogP) is 4.31. The molecule has 25 heavy (non-hydrogen) atoms. The van der Waals surface area contributed by atoms with Crippen molar-refractivity contribution >= 4 is 45.8 Å². The third-order valence-corrected chi connectivity index (χ3v) is 4.92. The molecule has 5 nitrogen and oxygen atoms in total. The van der Waals surface area contributed by atoms with Crippen molar-refractivity contribution < 1.29 is 14.3 Å². The molecule has 0 spiro atoms. The molecule has 0 aliphatic carbocycles. The van der Waals surface area contributed by atoms with Crippen molar-refractivity contribution in [3.8, 4) is 10.6 Å². The fourth-order valence-corrected chi connectivity index (χ4v) is 3.51. The number of aromatic nitrogens is 1. The molecule has 2 heterocycles. The summed E-state index contributed by atoms with van der Waals surface area (Å²) in [5.41, 5.74) is 2.13. The lowest BCUT2D eigenvalue weighted by Gasteiger charge is -1.99. The molecule has 0 saturated carbocycles. The molecule has 1 aromatic carbocycles. The highest BCUT2D eigenvalue weighted by atomic mass is 32.1. The Labute approximate surface area is 152 Å². The van der Waals surface area contributed by atoms with E-state index in [0.717, 1.165) is 16.1 Å². The Morgan fingerprint density at radius 3 is 2.64 bits per heavy atom. The summed E-state index contributed by atoms with van der Waals surface area (Å²) in [5.74, 6) is -0.650. The number of ether oxygens (including phenoxy) is 1. The lowest BCUT2D eigenvalue weighted by Crippen LogP contribution is -2.07. The first kappa shape index (κ1) is 17.1. The number of nitrogens with one attached hydrogen (secondary N) is 1. The van der Waals surface area contributed by atoms with Gasteiger partial charge in [-0.25, -0.2) is 9.78 Å². The van der Waals surface area contributed by atoms with Crippen LogP contribution in [0.2, 0.25) is 0 Å². The van der Waals surface area contributed by atoms with Gasteiger partial charge in [0.2, 0.25) is 5.91 Å². The molecule has 0 fully saturated rings. The van der Waals surface area contributed by atoms with E-state index in [0.29, 0.717) is 10.7 Å². The summed E-state index contributed by atoms with van der Waals surface area (Å²) in [6.45, 7) is 0. The largest absolute Gasteiger partial charge is 0.465 e. The first-order chi connectivity index (χ1) is 12.2. The molecule has 1 amide bonds. The number of carbonyl (C=O) groups excluding carboxylic acids is 2. The quantitative estimate of drug-likeness (QED) is 0.537. The number of methoxy groups -OCH3 is 1. The van der Waals surface area contributed by atoms with Gasteiger partial charge >= 0.3 is 5.97 Å². The van der Waals surface area contributed by atoms with E-state index in [4.69, 9.17) is 0 Å². The van der Waals surface area contributed by atoms with Crippen LogP contribution in [-0.4, -0.2) is 24.0 Å². The Kier molecular flexibility index (Phi) is 5.37. The Balaban J connectivity index is 1.60. The van der Waals surface area contributed by atoms with Gasteiger partial charge in [0.25, 0.3) is 0 Å². The highest BCUT2D eigenvalue weighted by Gasteiger charge is 2.07. The number of esters is 1. The Hall–Kier alpha value is -2.77. The van der Waals surface area contributed by atoms with E-state index in [9.17, 15) is 9.59 Å². The molecule has 3 aromatic rings. The molecule has 0 bridgehead atoms. The van der Waals surface area contributed by atoms with Gasteiger partial charge in [0.15, 0.2) is 5.13 Å². The average Bonchev–Trinajstić information content (AvgIpc) is 3.31. The van der Waals surface area contributed by atoms with Gasteiger partial charge in [-0.05, 0) is 35.2 Å². The van der Waals surface area contributed by atoms with E-state index in [1.807, 2.05) is 22.9 Å². The van der Waals surface area contributed by atoms with E-state index in [1.54, 1.807) is 41.7 Å². The highest BCUT2D eigenvalue weighted by Crippen LogP contribution is 2.28. The first-order valence-electron chi connectivity index (χ1n) is 7.32. The number of amides is 1. The van der Waals surface area contributed by atoms with Gasteiger partial charge < -0.3 is 4.74 Å². The molecular formula is C18H14N2O3S2. The molecule has 126 valence electrons. The number of thiazole rings is 1. The summed E-state index contributed by atoms with van der Waals surface area (Å²) in [6, 6.07) is 10.7. The molecule has 0 aliphatic rings. The Morgan fingerprint density at radius 1 is 1.16 bits per heavy atom. The highest BCUT2D eigenvalue weighted by molar-refractivity contribution is 7.16. The summed E-state index contributed by atoms with van der Waals surface area (Å²) in [6.07, 6.45) is 3.10. The smallest absolute Gasteiger partial charge is 0.337 e. The molecular weight excluding hydrogens is 356 g/mol. The average molecular weight is 370 g/mol. The fourth-order valence-electron chi connectivity index (χ4n) is 2.04. The monoisotopic (exact) mass is 370 g/mol. The van der Waals surface area contributed by atoms with Crippen molar-refractivity contribution in [2.24, 2.45) is 0 Å². The van der Waals surface area contributed by atoms with Gasteiger partial charge in [0, 0.05) is 11.5 Å². The molecule has 0 unspecified atom stereocenters. The van der Waals surface area contributed by atoms with E-state index in [-0.39, 0.29) is 5.91 Å². The van der Waals surface area contributed by atoms with Crippen LogP contribution in [0.25, 0.3) is 16.6 Å². The van der Waals surface area contributed by atoms with E-state index in [2.05, 4.69) is 15.0 Å². The number of hydrogen-bond donors (Lipinski definition) is 1. The fraction of sp³-hybridized carbons (Fsp3) is 0.0556. The lowest BCUT2D eigenvalue weighted by atomic mass is 10.1. The summed E-state index contributed by atoms with van der Waals surface area (Å²) in [5, 5.41) is 7.20. The van der Waals surface area contributed by atoms with Crippen LogP contribution >= 0.6 is 22.7 Å². The molecule has 0 aliphatic heterocycles. The topological polar surface area (TPSA) is 68.3 Å². The summed E-state index contributed by atoms with van der Waals surface area (Å²) in [4.78, 5) is 28.8. The number of nitrogens with zero attached hydrogens (tertiary/aromatic N) is 1. The summed E-state index contributed by atoms with van der Waals surface area (Å²) < 4.78 is 4.64. The number of thiophene rings is 1. The van der Waals surface area contributed by atoms with Gasteiger partial charge in [0.05, 0.1) is 23.2 Å². The van der Waals surface area contributed by atoms with Crippen LogP contribution in [0, 0.1) is 0 Å². The standard InChI is InChI=1S/C18H14N2O3S2/c1-23-17(22)13-7-4-12(5-8-13)6-9-16(21)20-18-19-14(11-25-18)15-3-2-10-24-15/h2-11H,1H3,(H,19,20,21)/b9-6+. The summed E-state index contributed by atoms with van der Waals surface area (Å²) >= 11 is 2.99. The number of anilines is 1. The summed E-state index contributed by atoms with van der Waals surface area (Å²) in [7, 11) is 1.34. The molecule has 7 heteroatoms. The molecule has 2 aromatic heterocycles. The molecule has 0 atom stereocenters. The number of hydrogen-bond acceptors (Lipinski definition) is 6. The molecule has 0 radical (unpaired) electrons. The lowest BCUT2D eigenvalue weighted by molar-refractivity contribution is -0.111. The zero-order valence-electron chi connectivity index (χ0n) is 13.3. The maximum Gasteiger partial charge on any atom is 0.337 e. The van der Waals surface area contributed by atoms with Crippen LogP contribution in [0.3, 0.4) is 0 Å². The Bertz CT molecular complexity index is 897. The van der Waals surface area contributed by atoms with Crippen LogP contribution in [0.4, 0.5) is 5.13 Å². The predicted molar refractivity (Wildman–Crippen MR) is 101 cm³/mol. The zero-order valence-corrected chi connectivity index (χ0v) is 14.9. The van der Waals surface area contributed by atoms with Crippen molar-refractivity contribution in [3.05, 3.63) is 64.4 Å².